The summed E-state index contributed by atoms with van der Waals surface area (Å²) in [5.74, 6) is 0.849. The number of carbonyl (C=O) groups is 2. The second-order valence-electron chi connectivity index (χ2n) is 16.0. The molecule has 1 heterocycles. The lowest BCUT2D eigenvalue weighted by atomic mass is 9.96. The summed E-state index contributed by atoms with van der Waals surface area (Å²) in [7, 11) is 0. The highest BCUT2D eigenvalue weighted by Gasteiger charge is 2.30. The van der Waals surface area contributed by atoms with E-state index in [1.165, 1.54) is 161 Å². The molecular weight excluding hydrogens is 618 g/mol. The molecule has 0 radical (unpaired) electrons. The summed E-state index contributed by atoms with van der Waals surface area (Å²) in [6, 6.07) is 0.724. The highest BCUT2D eigenvalue weighted by Crippen LogP contribution is 2.30. The minimum absolute atomic E-state index is 0.000131. The van der Waals surface area contributed by atoms with Gasteiger partial charge in [0.05, 0.1) is 6.61 Å². The van der Waals surface area contributed by atoms with Gasteiger partial charge >= 0.3 is 11.9 Å². The fraction of sp³-hybridized carbons (Fsp3) is 0.956. The molecule has 5 heteroatoms. The number of carbonyl (C=O) groups excluding carboxylic acids is 2. The SMILES string of the molecule is CCCCCCCCCOC(=O)CCCCCCC1CC(CCCCCC(=O)OC(CCCCCCCC)CCCCCCCC)CN1CC. The molecule has 50 heavy (non-hydrogen) atoms. The lowest BCUT2D eigenvalue weighted by Crippen LogP contribution is -2.29. The number of hydrogen-bond donors (Lipinski definition) is 0. The van der Waals surface area contributed by atoms with Crippen molar-refractivity contribution < 1.29 is 19.1 Å². The minimum atomic E-state index is -0.000131. The third-order valence-corrected chi connectivity index (χ3v) is 11.3. The van der Waals surface area contributed by atoms with E-state index in [4.69, 9.17) is 9.47 Å². The van der Waals surface area contributed by atoms with Crippen LogP contribution in [0.2, 0.25) is 0 Å². The van der Waals surface area contributed by atoms with E-state index in [2.05, 4.69) is 32.6 Å². The van der Waals surface area contributed by atoms with Gasteiger partial charge in [0, 0.05) is 25.4 Å². The summed E-state index contributed by atoms with van der Waals surface area (Å²) < 4.78 is 11.5. The molecule has 0 aliphatic carbocycles. The van der Waals surface area contributed by atoms with Crippen LogP contribution in [0.4, 0.5) is 0 Å². The van der Waals surface area contributed by atoms with E-state index in [1.807, 2.05) is 0 Å². The van der Waals surface area contributed by atoms with Crippen LogP contribution in [0, 0.1) is 5.92 Å². The van der Waals surface area contributed by atoms with Crippen LogP contribution in [0.15, 0.2) is 0 Å². The van der Waals surface area contributed by atoms with Gasteiger partial charge in [-0.3, -0.25) is 9.59 Å². The van der Waals surface area contributed by atoms with E-state index in [-0.39, 0.29) is 18.0 Å². The molecule has 2 atom stereocenters. The number of hydrogen-bond acceptors (Lipinski definition) is 5. The second-order valence-corrected chi connectivity index (χ2v) is 16.0. The Hall–Kier alpha value is -1.10. The minimum Gasteiger partial charge on any atom is -0.466 e. The number of nitrogens with zero attached hydrogens (tertiary/aromatic N) is 1. The zero-order valence-corrected chi connectivity index (χ0v) is 34.3. The van der Waals surface area contributed by atoms with Gasteiger partial charge in [-0.15, -0.1) is 0 Å². The normalized spacial score (nSPS) is 16.4. The Morgan fingerprint density at radius 2 is 1.00 bits per heavy atom. The van der Waals surface area contributed by atoms with Crippen LogP contribution in [0.5, 0.6) is 0 Å². The van der Waals surface area contributed by atoms with Gasteiger partial charge in [-0.25, -0.2) is 0 Å². The van der Waals surface area contributed by atoms with Crippen molar-refractivity contribution in [3.63, 3.8) is 0 Å². The van der Waals surface area contributed by atoms with Gasteiger partial charge in [0.25, 0.3) is 0 Å². The molecule has 296 valence electrons. The number of unbranched alkanes of at least 4 members (excludes halogenated alkanes) is 21. The summed E-state index contributed by atoms with van der Waals surface area (Å²) in [5, 5.41) is 0. The zero-order chi connectivity index (χ0) is 36.3. The molecule has 1 fully saturated rings. The van der Waals surface area contributed by atoms with Crippen molar-refractivity contribution in [2.24, 2.45) is 5.92 Å². The summed E-state index contributed by atoms with van der Waals surface area (Å²) in [6.45, 7) is 12.1. The standard InChI is InChI=1S/C45H87NO4/c1-5-9-12-15-18-23-31-38-49-44(47)36-29-22-21-26-33-42-39-41(40-46(42)8-4)32-25-24-30-37-45(48)50-43(34-27-19-16-13-10-6-2)35-28-20-17-14-11-7-3/h41-43H,5-40H2,1-4H3. The summed E-state index contributed by atoms with van der Waals surface area (Å²) in [5.41, 5.74) is 0. The topological polar surface area (TPSA) is 55.8 Å². The van der Waals surface area contributed by atoms with Crippen LogP contribution in [0.3, 0.4) is 0 Å². The van der Waals surface area contributed by atoms with Crippen molar-refractivity contribution in [3.8, 4) is 0 Å². The van der Waals surface area contributed by atoms with Crippen molar-refractivity contribution in [1.82, 2.24) is 4.90 Å². The highest BCUT2D eigenvalue weighted by atomic mass is 16.5. The molecule has 0 aromatic rings. The van der Waals surface area contributed by atoms with E-state index in [0.29, 0.717) is 19.4 Å². The molecule has 1 saturated heterocycles. The van der Waals surface area contributed by atoms with Crippen molar-refractivity contribution >= 4 is 11.9 Å². The van der Waals surface area contributed by atoms with Crippen LogP contribution < -0.4 is 0 Å². The summed E-state index contributed by atoms with van der Waals surface area (Å²) in [6.07, 6.45) is 39.6. The first-order valence-electron chi connectivity index (χ1n) is 22.6. The summed E-state index contributed by atoms with van der Waals surface area (Å²) in [4.78, 5) is 27.6. The molecule has 1 aliphatic rings. The third-order valence-electron chi connectivity index (χ3n) is 11.3. The van der Waals surface area contributed by atoms with Crippen molar-refractivity contribution in [3.05, 3.63) is 0 Å². The third kappa shape index (κ3) is 27.5. The molecule has 0 spiro atoms. The van der Waals surface area contributed by atoms with Crippen molar-refractivity contribution in [2.75, 3.05) is 19.7 Å². The summed E-state index contributed by atoms with van der Waals surface area (Å²) >= 11 is 0. The molecule has 0 saturated carbocycles. The monoisotopic (exact) mass is 706 g/mol. The van der Waals surface area contributed by atoms with Crippen LogP contribution in [0.25, 0.3) is 0 Å². The van der Waals surface area contributed by atoms with Crippen LogP contribution in [-0.4, -0.2) is 48.7 Å². The highest BCUT2D eigenvalue weighted by molar-refractivity contribution is 5.69. The lowest BCUT2D eigenvalue weighted by Gasteiger charge is -2.22. The Labute approximate surface area is 312 Å². The second kappa shape index (κ2) is 35.0. The van der Waals surface area contributed by atoms with Gasteiger partial charge in [-0.05, 0) is 76.7 Å². The van der Waals surface area contributed by atoms with E-state index in [0.717, 1.165) is 63.5 Å². The smallest absolute Gasteiger partial charge is 0.306 e. The molecule has 1 aliphatic heterocycles. The number of ether oxygens (including phenoxy) is 2. The number of likely N-dealkylation sites (tertiary alicyclic amines) is 1. The molecule has 0 N–H and O–H groups in total. The average Bonchev–Trinajstić information content (AvgIpc) is 3.51. The lowest BCUT2D eigenvalue weighted by molar-refractivity contribution is -0.150. The van der Waals surface area contributed by atoms with Crippen molar-refractivity contribution in [1.29, 1.82) is 0 Å². The average molecular weight is 706 g/mol. The Balaban J connectivity index is 2.16. The first kappa shape index (κ1) is 46.9. The molecule has 5 nitrogen and oxygen atoms in total. The molecule has 0 amide bonds. The van der Waals surface area contributed by atoms with Gasteiger partial charge in [0.2, 0.25) is 0 Å². The first-order valence-corrected chi connectivity index (χ1v) is 22.6. The van der Waals surface area contributed by atoms with Gasteiger partial charge in [-0.1, -0.05) is 163 Å². The molecule has 0 aromatic carbocycles. The van der Waals surface area contributed by atoms with E-state index in [1.54, 1.807) is 0 Å². The quantitative estimate of drug-likeness (QED) is 0.0476. The Morgan fingerprint density at radius 1 is 0.540 bits per heavy atom. The Kier molecular flexibility index (Phi) is 32.8. The van der Waals surface area contributed by atoms with Crippen molar-refractivity contribution in [2.45, 2.75) is 252 Å². The molecule has 2 unspecified atom stereocenters. The molecule has 1 rings (SSSR count). The van der Waals surface area contributed by atoms with Crippen LogP contribution in [-0.2, 0) is 19.1 Å². The largest absolute Gasteiger partial charge is 0.466 e. The predicted molar refractivity (Wildman–Crippen MR) is 215 cm³/mol. The van der Waals surface area contributed by atoms with E-state index in [9.17, 15) is 9.59 Å². The van der Waals surface area contributed by atoms with Gasteiger partial charge < -0.3 is 14.4 Å². The van der Waals surface area contributed by atoms with Gasteiger partial charge in [0.15, 0.2) is 0 Å². The number of esters is 2. The molecular formula is C45H87NO4. The Morgan fingerprint density at radius 3 is 1.58 bits per heavy atom. The maximum atomic E-state index is 12.8. The maximum absolute atomic E-state index is 12.8. The van der Waals surface area contributed by atoms with E-state index >= 15 is 0 Å². The van der Waals surface area contributed by atoms with Crippen LogP contribution >= 0.6 is 0 Å². The Bertz CT molecular complexity index is 741. The zero-order valence-electron chi connectivity index (χ0n) is 34.3. The first-order chi connectivity index (χ1) is 24.5. The number of rotatable bonds is 37. The molecule has 0 aromatic heterocycles. The van der Waals surface area contributed by atoms with Crippen LogP contribution in [0.1, 0.15) is 240 Å². The fourth-order valence-electron chi connectivity index (χ4n) is 8.00. The van der Waals surface area contributed by atoms with Gasteiger partial charge in [0.1, 0.15) is 6.10 Å². The van der Waals surface area contributed by atoms with Gasteiger partial charge in [-0.2, -0.15) is 0 Å². The fourth-order valence-corrected chi connectivity index (χ4v) is 8.00. The van der Waals surface area contributed by atoms with E-state index < -0.39 is 0 Å². The maximum Gasteiger partial charge on any atom is 0.306 e. The predicted octanol–water partition coefficient (Wildman–Crippen LogP) is 13.7. The molecule has 0 bridgehead atoms.